The Balaban J connectivity index is 1.93. The molecule has 0 amide bonds. The van der Waals surface area contributed by atoms with Gasteiger partial charge < -0.3 is 5.11 Å². The van der Waals surface area contributed by atoms with Crippen LogP contribution in [0.15, 0.2) is 12.2 Å². The minimum Gasteiger partial charge on any atom is -0.392 e. The van der Waals surface area contributed by atoms with Crippen molar-refractivity contribution < 1.29 is 5.11 Å². The molecule has 0 aromatic rings. The van der Waals surface area contributed by atoms with Crippen molar-refractivity contribution in [3.05, 3.63) is 12.2 Å². The topological polar surface area (TPSA) is 20.2 Å². The Bertz CT molecular complexity index is 151. The summed E-state index contributed by atoms with van der Waals surface area (Å²) in [6.45, 7) is 2.46. The van der Waals surface area contributed by atoms with Crippen molar-refractivity contribution in [3.8, 4) is 0 Å². The summed E-state index contributed by atoms with van der Waals surface area (Å²) < 4.78 is 0. The molecule has 0 radical (unpaired) electrons. The highest BCUT2D eigenvalue weighted by atomic mass is 16.2. The zero-order valence-corrected chi connectivity index (χ0v) is 8.71. The fraction of sp³-hybridized carbons (Fsp3) is 0.833. The van der Waals surface area contributed by atoms with E-state index in [1.54, 1.807) is 0 Å². The molecule has 1 N–H and O–H groups in total. The molecule has 13 heavy (non-hydrogen) atoms. The molecular formula is C12H22O. The Morgan fingerprint density at radius 3 is 2.77 bits per heavy atom. The first-order valence-electron chi connectivity index (χ1n) is 5.64. The van der Waals surface area contributed by atoms with Gasteiger partial charge in [-0.15, -0.1) is 0 Å². The zero-order valence-electron chi connectivity index (χ0n) is 8.71. The van der Waals surface area contributed by atoms with Crippen molar-refractivity contribution >= 4 is 0 Å². The lowest BCUT2D eigenvalue weighted by Gasteiger charge is -1.96. The lowest BCUT2D eigenvalue weighted by molar-refractivity contribution is 0.342. The number of aliphatic hydroxyl groups excluding tert-OH is 1. The minimum absolute atomic E-state index is 0.202. The summed E-state index contributed by atoms with van der Waals surface area (Å²) in [4.78, 5) is 0. The Kier molecular flexibility index (Phi) is 5.14. The second-order valence-electron chi connectivity index (χ2n) is 4.14. The van der Waals surface area contributed by atoms with Crippen molar-refractivity contribution in [1.29, 1.82) is 0 Å². The van der Waals surface area contributed by atoms with Gasteiger partial charge in [0.15, 0.2) is 0 Å². The van der Waals surface area contributed by atoms with E-state index in [1.807, 2.05) is 6.08 Å². The van der Waals surface area contributed by atoms with E-state index in [-0.39, 0.29) is 6.61 Å². The number of allylic oxidation sites excluding steroid dienone is 1. The second-order valence-corrected chi connectivity index (χ2v) is 4.14. The molecule has 1 aliphatic carbocycles. The fourth-order valence-corrected chi connectivity index (χ4v) is 1.95. The maximum absolute atomic E-state index is 8.55. The van der Waals surface area contributed by atoms with E-state index in [2.05, 4.69) is 13.0 Å². The van der Waals surface area contributed by atoms with E-state index < -0.39 is 0 Å². The highest BCUT2D eigenvalue weighted by Gasteiger charge is 2.34. The average molecular weight is 182 g/mol. The summed E-state index contributed by atoms with van der Waals surface area (Å²) in [6.07, 6.45) is 12.2. The molecule has 1 rings (SSSR count). The maximum atomic E-state index is 8.55. The molecule has 0 saturated heterocycles. The Morgan fingerprint density at radius 2 is 2.08 bits per heavy atom. The third-order valence-electron chi connectivity index (χ3n) is 2.96. The summed E-state index contributed by atoms with van der Waals surface area (Å²) >= 11 is 0. The monoisotopic (exact) mass is 182 g/mol. The van der Waals surface area contributed by atoms with Crippen LogP contribution in [0.2, 0.25) is 0 Å². The summed E-state index contributed by atoms with van der Waals surface area (Å²) in [5, 5.41) is 8.55. The molecule has 0 bridgehead atoms. The van der Waals surface area contributed by atoms with E-state index in [4.69, 9.17) is 5.11 Å². The fourth-order valence-electron chi connectivity index (χ4n) is 1.95. The number of unbranched alkanes of at least 4 members (excludes halogenated alkanes) is 2. The zero-order chi connectivity index (χ0) is 9.52. The summed E-state index contributed by atoms with van der Waals surface area (Å²) in [5.74, 6) is 1.95. The van der Waals surface area contributed by atoms with Gasteiger partial charge in [0.05, 0.1) is 6.61 Å². The highest BCUT2D eigenvalue weighted by Crippen LogP contribution is 2.44. The molecule has 0 aliphatic heterocycles. The molecule has 2 atom stereocenters. The summed E-state index contributed by atoms with van der Waals surface area (Å²) in [7, 11) is 0. The first kappa shape index (κ1) is 10.8. The van der Waals surface area contributed by atoms with Crippen molar-refractivity contribution in [1.82, 2.24) is 0 Å². The van der Waals surface area contributed by atoms with E-state index in [1.165, 1.54) is 38.5 Å². The normalized spacial score (nSPS) is 26.9. The average Bonchev–Trinajstić information content (AvgIpc) is 2.85. The molecule has 76 valence electrons. The molecule has 1 fully saturated rings. The van der Waals surface area contributed by atoms with Crippen molar-refractivity contribution in [2.75, 3.05) is 6.61 Å². The molecule has 0 unspecified atom stereocenters. The van der Waals surface area contributed by atoms with Crippen LogP contribution < -0.4 is 0 Å². The Hall–Kier alpha value is -0.300. The highest BCUT2D eigenvalue weighted by molar-refractivity contribution is 4.93. The standard InChI is InChI=1S/C12H22O/c1-2-3-4-7-11-10-12(11)8-5-6-9-13/h5-6,11-13H,2-4,7-10H2,1H3/b6-5-/t11-,12+/m1/s1. The van der Waals surface area contributed by atoms with E-state index in [9.17, 15) is 0 Å². The van der Waals surface area contributed by atoms with Gasteiger partial charge >= 0.3 is 0 Å². The van der Waals surface area contributed by atoms with Gasteiger partial charge in [0.2, 0.25) is 0 Å². The molecule has 1 saturated carbocycles. The SMILES string of the molecule is CCCCC[C@@H]1C[C@@H]1C/C=C\CO. The van der Waals surface area contributed by atoms with Gasteiger partial charge in [-0.1, -0.05) is 44.8 Å². The van der Waals surface area contributed by atoms with Gasteiger partial charge in [-0.2, -0.15) is 0 Å². The Morgan fingerprint density at radius 1 is 1.23 bits per heavy atom. The molecule has 0 spiro atoms. The molecule has 1 aliphatic rings. The minimum atomic E-state index is 0.202. The number of hydrogen-bond donors (Lipinski definition) is 1. The van der Waals surface area contributed by atoms with Gasteiger partial charge in [0.25, 0.3) is 0 Å². The lowest BCUT2D eigenvalue weighted by Crippen LogP contribution is -1.83. The van der Waals surface area contributed by atoms with Gasteiger partial charge in [-0.3, -0.25) is 0 Å². The number of rotatable bonds is 7. The molecule has 0 aromatic carbocycles. The van der Waals surface area contributed by atoms with Gasteiger partial charge in [0, 0.05) is 0 Å². The van der Waals surface area contributed by atoms with Crippen molar-refractivity contribution in [3.63, 3.8) is 0 Å². The van der Waals surface area contributed by atoms with E-state index in [0.29, 0.717) is 0 Å². The number of aliphatic hydroxyl groups is 1. The first-order chi connectivity index (χ1) is 6.38. The van der Waals surface area contributed by atoms with Crippen LogP contribution in [0, 0.1) is 11.8 Å². The predicted molar refractivity (Wildman–Crippen MR) is 56.6 cm³/mol. The predicted octanol–water partition coefficient (Wildman–Crippen LogP) is 3.14. The quantitative estimate of drug-likeness (QED) is 0.473. The third-order valence-corrected chi connectivity index (χ3v) is 2.96. The molecule has 0 heterocycles. The lowest BCUT2D eigenvalue weighted by atomic mass is 10.1. The van der Waals surface area contributed by atoms with Gasteiger partial charge in [0.1, 0.15) is 0 Å². The van der Waals surface area contributed by atoms with Crippen LogP contribution in [0.4, 0.5) is 0 Å². The van der Waals surface area contributed by atoms with Gasteiger partial charge in [-0.05, 0) is 24.7 Å². The van der Waals surface area contributed by atoms with Crippen LogP contribution in [0.5, 0.6) is 0 Å². The maximum Gasteiger partial charge on any atom is 0.0612 e. The molecule has 1 heteroatoms. The molecule has 1 nitrogen and oxygen atoms in total. The van der Waals surface area contributed by atoms with Crippen LogP contribution >= 0.6 is 0 Å². The third kappa shape index (κ3) is 4.47. The van der Waals surface area contributed by atoms with Crippen LogP contribution in [0.25, 0.3) is 0 Å². The van der Waals surface area contributed by atoms with Crippen LogP contribution in [-0.4, -0.2) is 11.7 Å². The summed E-state index contributed by atoms with van der Waals surface area (Å²) in [5.41, 5.74) is 0. The smallest absolute Gasteiger partial charge is 0.0612 e. The Labute approximate surface area is 81.9 Å². The second kappa shape index (κ2) is 6.20. The number of hydrogen-bond acceptors (Lipinski definition) is 1. The molecular weight excluding hydrogens is 160 g/mol. The van der Waals surface area contributed by atoms with Gasteiger partial charge in [-0.25, -0.2) is 0 Å². The van der Waals surface area contributed by atoms with Crippen molar-refractivity contribution in [2.24, 2.45) is 11.8 Å². The molecule has 0 aromatic heterocycles. The van der Waals surface area contributed by atoms with Crippen molar-refractivity contribution in [2.45, 2.75) is 45.4 Å². The van der Waals surface area contributed by atoms with E-state index in [0.717, 1.165) is 11.8 Å². The largest absolute Gasteiger partial charge is 0.392 e. The van der Waals surface area contributed by atoms with E-state index >= 15 is 0 Å². The summed E-state index contributed by atoms with van der Waals surface area (Å²) in [6, 6.07) is 0. The van der Waals surface area contributed by atoms with Crippen LogP contribution in [-0.2, 0) is 0 Å². The first-order valence-corrected chi connectivity index (χ1v) is 5.64. The van der Waals surface area contributed by atoms with Crippen LogP contribution in [0.1, 0.15) is 45.4 Å². The van der Waals surface area contributed by atoms with Crippen LogP contribution in [0.3, 0.4) is 0 Å².